The van der Waals surface area contributed by atoms with Crippen LogP contribution in [0.5, 0.6) is 0 Å². The van der Waals surface area contributed by atoms with Gasteiger partial charge >= 0.3 is 12.1 Å². The normalized spacial score (nSPS) is 12.3. The van der Waals surface area contributed by atoms with Crippen LogP contribution in [0.3, 0.4) is 0 Å². The van der Waals surface area contributed by atoms with Gasteiger partial charge in [-0.1, -0.05) is 26.5 Å². The number of rotatable bonds is 6. The van der Waals surface area contributed by atoms with Gasteiger partial charge in [0.15, 0.2) is 6.10 Å². The van der Waals surface area contributed by atoms with Gasteiger partial charge in [-0.25, -0.2) is 9.59 Å². The molecule has 0 saturated carbocycles. The smallest absolute Gasteiger partial charge is 0.466 e. The molecule has 0 bridgehead atoms. The highest BCUT2D eigenvalue weighted by atomic mass is 16.7. The number of hydrogen-bond acceptors (Lipinski definition) is 5. The van der Waals surface area contributed by atoms with Gasteiger partial charge in [-0.05, 0) is 18.9 Å². The Hall–Kier alpha value is -1.78. The first kappa shape index (κ1) is 16.2. The molecule has 1 unspecified atom stereocenters. The zero-order chi connectivity index (χ0) is 14.1. The fourth-order valence-electron chi connectivity index (χ4n) is 1.05. The van der Waals surface area contributed by atoms with Gasteiger partial charge in [0.2, 0.25) is 0 Å². The van der Waals surface area contributed by atoms with Crippen molar-refractivity contribution < 1.29 is 23.8 Å². The van der Waals surface area contributed by atoms with E-state index in [0.29, 0.717) is 0 Å². The van der Waals surface area contributed by atoms with Gasteiger partial charge in [-0.3, -0.25) is 0 Å². The first-order valence-electron chi connectivity index (χ1n) is 5.71. The third kappa shape index (κ3) is 6.08. The number of carbonyl (C=O) groups is 2. The van der Waals surface area contributed by atoms with Crippen molar-refractivity contribution in [1.29, 1.82) is 0 Å². The highest BCUT2D eigenvalue weighted by Crippen LogP contribution is 2.11. The Labute approximate surface area is 107 Å². The lowest BCUT2D eigenvalue weighted by molar-refractivity contribution is -0.137. The summed E-state index contributed by atoms with van der Waals surface area (Å²) >= 11 is 0. The first-order valence-corrected chi connectivity index (χ1v) is 5.71. The van der Waals surface area contributed by atoms with Crippen LogP contribution in [0.2, 0.25) is 0 Å². The molecular formula is C13H20O5. The van der Waals surface area contributed by atoms with E-state index in [2.05, 4.69) is 16.1 Å². The maximum atomic E-state index is 11.3. The van der Waals surface area contributed by atoms with Crippen LogP contribution in [-0.4, -0.2) is 31.9 Å². The maximum absolute atomic E-state index is 11.3. The summed E-state index contributed by atoms with van der Waals surface area (Å²) in [6.07, 6.45) is 1.67. The van der Waals surface area contributed by atoms with Gasteiger partial charge in [-0.15, -0.1) is 0 Å². The van der Waals surface area contributed by atoms with Crippen molar-refractivity contribution in [2.24, 2.45) is 5.92 Å². The topological polar surface area (TPSA) is 61.8 Å². The SMILES string of the molecule is C=C(C(=O)OC)C(/C=C\C(C)C)OC(=O)OCC. The molecule has 0 aliphatic rings. The van der Waals surface area contributed by atoms with Crippen molar-refractivity contribution in [3.05, 3.63) is 24.3 Å². The number of methoxy groups -OCH3 is 1. The summed E-state index contributed by atoms with van der Waals surface area (Å²) in [6, 6.07) is 0. The van der Waals surface area contributed by atoms with E-state index in [-0.39, 0.29) is 18.1 Å². The lowest BCUT2D eigenvalue weighted by atomic mass is 10.1. The molecule has 0 aromatic rings. The zero-order valence-corrected chi connectivity index (χ0v) is 11.3. The van der Waals surface area contributed by atoms with E-state index in [9.17, 15) is 9.59 Å². The van der Waals surface area contributed by atoms with Gasteiger partial charge in [0.05, 0.1) is 19.3 Å². The van der Waals surface area contributed by atoms with Gasteiger partial charge in [0.25, 0.3) is 0 Å². The lowest BCUT2D eigenvalue weighted by Gasteiger charge is -2.15. The average molecular weight is 256 g/mol. The number of esters is 1. The molecule has 0 fully saturated rings. The van der Waals surface area contributed by atoms with Crippen LogP contribution < -0.4 is 0 Å². The van der Waals surface area contributed by atoms with Crippen LogP contribution in [0, 0.1) is 5.92 Å². The fraction of sp³-hybridized carbons (Fsp3) is 0.538. The molecule has 0 aliphatic heterocycles. The Bertz CT molecular complexity index is 330. The lowest BCUT2D eigenvalue weighted by Crippen LogP contribution is -2.24. The molecule has 102 valence electrons. The minimum atomic E-state index is -0.876. The fourth-order valence-corrected chi connectivity index (χ4v) is 1.05. The van der Waals surface area contributed by atoms with E-state index in [0.717, 1.165) is 0 Å². The quantitative estimate of drug-likeness (QED) is 0.415. The molecule has 1 atom stereocenters. The number of ether oxygens (including phenoxy) is 3. The van der Waals surface area contributed by atoms with Crippen LogP contribution in [0.1, 0.15) is 20.8 Å². The summed E-state index contributed by atoms with van der Waals surface area (Å²) in [6.45, 7) is 9.33. The number of carbonyl (C=O) groups excluding carboxylic acids is 2. The second-order valence-electron chi connectivity index (χ2n) is 3.87. The van der Waals surface area contributed by atoms with Crippen LogP contribution in [0.25, 0.3) is 0 Å². The number of allylic oxidation sites excluding steroid dienone is 1. The van der Waals surface area contributed by atoms with Crippen LogP contribution >= 0.6 is 0 Å². The molecule has 18 heavy (non-hydrogen) atoms. The molecule has 0 spiro atoms. The summed E-state index contributed by atoms with van der Waals surface area (Å²) in [7, 11) is 1.24. The Balaban J connectivity index is 4.77. The monoisotopic (exact) mass is 256 g/mol. The van der Waals surface area contributed by atoms with E-state index in [4.69, 9.17) is 4.74 Å². The van der Waals surface area contributed by atoms with Crippen molar-refractivity contribution in [3.63, 3.8) is 0 Å². The van der Waals surface area contributed by atoms with E-state index in [1.165, 1.54) is 7.11 Å². The van der Waals surface area contributed by atoms with Gasteiger partial charge < -0.3 is 14.2 Å². The highest BCUT2D eigenvalue weighted by Gasteiger charge is 2.21. The first-order chi connectivity index (χ1) is 8.42. The zero-order valence-electron chi connectivity index (χ0n) is 11.3. The van der Waals surface area contributed by atoms with Gasteiger partial charge in [0.1, 0.15) is 0 Å². The Kier molecular flexibility index (Phi) is 7.51. The van der Waals surface area contributed by atoms with Crippen molar-refractivity contribution in [1.82, 2.24) is 0 Å². The summed E-state index contributed by atoms with van der Waals surface area (Å²) in [5, 5.41) is 0. The minimum absolute atomic E-state index is 0.0439. The number of hydrogen-bond donors (Lipinski definition) is 0. The van der Waals surface area contributed by atoms with Gasteiger partial charge in [0, 0.05) is 0 Å². The van der Waals surface area contributed by atoms with Crippen LogP contribution in [-0.2, 0) is 19.0 Å². The molecule has 0 saturated heterocycles. The molecule has 0 amide bonds. The summed E-state index contributed by atoms with van der Waals surface area (Å²) < 4.78 is 14.2. The Morgan fingerprint density at radius 1 is 1.28 bits per heavy atom. The summed E-state index contributed by atoms with van der Waals surface area (Å²) in [5.74, 6) is -0.374. The van der Waals surface area contributed by atoms with Gasteiger partial charge in [-0.2, -0.15) is 0 Å². The maximum Gasteiger partial charge on any atom is 0.509 e. The minimum Gasteiger partial charge on any atom is -0.466 e. The van der Waals surface area contributed by atoms with Crippen LogP contribution in [0.4, 0.5) is 4.79 Å². The standard InChI is InChI=1S/C13H20O5/c1-6-17-13(15)18-11(8-7-9(2)3)10(4)12(14)16-5/h7-9,11H,4,6H2,1-3,5H3/b8-7-. The van der Waals surface area contributed by atoms with Crippen molar-refractivity contribution in [2.75, 3.05) is 13.7 Å². The van der Waals surface area contributed by atoms with Crippen molar-refractivity contribution >= 4 is 12.1 Å². The molecular weight excluding hydrogens is 236 g/mol. The second kappa shape index (κ2) is 8.33. The Morgan fingerprint density at radius 2 is 1.89 bits per heavy atom. The molecule has 0 aliphatic carbocycles. The molecule has 5 heteroatoms. The summed E-state index contributed by atoms with van der Waals surface area (Å²) in [4.78, 5) is 22.6. The van der Waals surface area contributed by atoms with E-state index >= 15 is 0 Å². The van der Waals surface area contributed by atoms with Crippen LogP contribution in [0.15, 0.2) is 24.3 Å². The predicted molar refractivity (Wildman–Crippen MR) is 67.0 cm³/mol. The summed E-state index contributed by atoms with van der Waals surface area (Å²) in [5.41, 5.74) is 0.0439. The van der Waals surface area contributed by atoms with E-state index in [1.807, 2.05) is 13.8 Å². The third-order valence-corrected chi connectivity index (χ3v) is 1.95. The average Bonchev–Trinajstić information content (AvgIpc) is 2.32. The third-order valence-electron chi connectivity index (χ3n) is 1.95. The molecule has 0 heterocycles. The van der Waals surface area contributed by atoms with E-state index < -0.39 is 18.2 Å². The molecule has 0 N–H and O–H groups in total. The molecule has 5 nitrogen and oxygen atoms in total. The van der Waals surface area contributed by atoms with Crippen molar-refractivity contribution in [2.45, 2.75) is 26.9 Å². The van der Waals surface area contributed by atoms with Crippen molar-refractivity contribution in [3.8, 4) is 0 Å². The second-order valence-corrected chi connectivity index (χ2v) is 3.87. The Morgan fingerprint density at radius 3 is 2.33 bits per heavy atom. The molecule has 0 aromatic carbocycles. The van der Waals surface area contributed by atoms with E-state index in [1.54, 1.807) is 19.1 Å². The molecule has 0 radical (unpaired) electrons. The largest absolute Gasteiger partial charge is 0.509 e. The predicted octanol–water partition coefficient (Wildman–Crippen LogP) is 2.47. The molecule has 0 rings (SSSR count). The molecule has 0 aromatic heterocycles. The highest BCUT2D eigenvalue weighted by molar-refractivity contribution is 5.89.